The van der Waals surface area contributed by atoms with E-state index in [2.05, 4.69) is 0 Å². The van der Waals surface area contributed by atoms with Gasteiger partial charge in [-0.3, -0.25) is 4.79 Å². The Kier molecular flexibility index (Phi) is 3.75. The van der Waals surface area contributed by atoms with Gasteiger partial charge in [0, 0.05) is 7.05 Å². The first kappa shape index (κ1) is 12.3. The molecule has 0 radical (unpaired) electrons. The van der Waals surface area contributed by atoms with Gasteiger partial charge in [0.25, 0.3) is 5.91 Å². The summed E-state index contributed by atoms with van der Waals surface area (Å²) in [5, 5.41) is 18.2. The van der Waals surface area contributed by atoms with Crippen LogP contribution in [0.25, 0.3) is 0 Å². The molecule has 0 fully saturated rings. The summed E-state index contributed by atoms with van der Waals surface area (Å²) in [7, 11) is 1.51. The van der Waals surface area contributed by atoms with Crippen LogP contribution in [0, 0.1) is 11.3 Å². The van der Waals surface area contributed by atoms with Crippen LogP contribution in [0.1, 0.15) is 17.3 Å². The summed E-state index contributed by atoms with van der Waals surface area (Å²) >= 11 is 5.84. The first-order valence-electron chi connectivity index (χ1n) is 4.62. The Morgan fingerprint density at radius 2 is 2.25 bits per heavy atom. The maximum atomic E-state index is 11.9. The van der Waals surface area contributed by atoms with E-state index >= 15 is 0 Å². The quantitative estimate of drug-likeness (QED) is 0.858. The van der Waals surface area contributed by atoms with Crippen molar-refractivity contribution in [2.75, 3.05) is 7.05 Å². The van der Waals surface area contributed by atoms with Crippen molar-refractivity contribution in [3.8, 4) is 11.8 Å². The van der Waals surface area contributed by atoms with Crippen molar-refractivity contribution in [3.63, 3.8) is 0 Å². The summed E-state index contributed by atoms with van der Waals surface area (Å²) in [6.45, 7) is 1.61. The number of carbonyl (C=O) groups excluding carboxylic acids is 1. The molecule has 0 aromatic heterocycles. The molecule has 1 unspecified atom stereocenters. The largest absolute Gasteiger partial charge is 0.508 e. The van der Waals surface area contributed by atoms with Crippen molar-refractivity contribution in [3.05, 3.63) is 28.8 Å². The number of phenolic OH excluding ortho intramolecular Hbond substituents is 1. The fourth-order valence-corrected chi connectivity index (χ4v) is 1.33. The maximum Gasteiger partial charge on any atom is 0.256 e. The predicted molar refractivity (Wildman–Crippen MR) is 60.3 cm³/mol. The molecule has 0 aliphatic carbocycles. The van der Waals surface area contributed by atoms with Crippen molar-refractivity contribution in [1.29, 1.82) is 5.26 Å². The average Bonchev–Trinajstić information content (AvgIpc) is 2.29. The Labute approximate surface area is 98.7 Å². The summed E-state index contributed by atoms with van der Waals surface area (Å²) < 4.78 is 0. The van der Waals surface area contributed by atoms with E-state index in [0.29, 0.717) is 0 Å². The molecular formula is C11H11ClN2O2. The van der Waals surface area contributed by atoms with Crippen LogP contribution in [0.5, 0.6) is 5.75 Å². The molecule has 84 valence electrons. The number of nitrogens with zero attached hydrogens (tertiary/aromatic N) is 2. The van der Waals surface area contributed by atoms with Gasteiger partial charge < -0.3 is 10.0 Å². The lowest BCUT2D eigenvalue weighted by Gasteiger charge is -2.19. The smallest absolute Gasteiger partial charge is 0.256 e. The number of halogens is 1. The second-order valence-electron chi connectivity index (χ2n) is 3.39. The van der Waals surface area contributed by atoms with E-state index in [9.17, 15) is 9.90 Å². The molecule has 0 saturated heterocycles. The molecule has 0 spiro atoms. The summed E-state index contributed by atoms with van der Waals surface area (Å²) in [5.74, 6) is -0.430. The zero-order valence-electron chi connectivity index (χ0n) is 8.94. The Balaban J connectivity index is 3.06. The molecule has 1 rings (SSSR count). The Morgan fingerprint density at radius 3 is 2.81 bits per heavy atom. The van der Waals surface area contributed by atoms with Gasteiger partial charge in [0.2, 0.25) is 0 Å². The zero-order valence-corrected chi connectivity index (χ0v) is 9.69. The van der Waals surface area contributed by atoms with Crippen molar-refractivity contribution in [1.82, 2.24) is 4.90 Å². The van der Waals surface area contributed by atoms with Crippen LogP contribution >= 0.6 is 11.6 Å². The fourth-order valence-electron chi connectivity index (χ4n) is 1.13. The molecule has 0 bridgehead atoms. The predicted octanol–water partition coefficient (Wildman–Crippen LogP) is 2.03. The molecule has 1 aromatic rings. The standard InChI is InChI=1S/C11H11ClN2O2/c1-7(6-13)14(2)11(16)9-5-8(15)3-4-10(9)12/h3-5,7,15H,1-2H3. The number of hydrogen-bond donors (Lipinski definition) is 1. The van der Waals surface area contributed by atoms with Gasteiger partial charge >= 0.3 is 0 Å². The number of carbonyl (C=O) groups is 1. The average molecular weight is 239 g/mol. The minimum atomic E-state index is -0.550. The fraction of sp³-hybridized carbons (Fsp3) is 0.273. The lowest BCUT2D eigenvalue weighted by atomic mass is 10.1. The van der Waals surface area contributed by atoms with Crippen LogP contribution in [-0.2, 0) is 0 Å². The molecule has 0 aliphatic heterocycles. The zero-order chi connectivity index (χ0) is 12.3. The SMILES string of the molecule is CC(C#N)N(C)C(=O)c1cc(O)ccc1Cl. The van der Waals surface area contributed by atoms with E-state index in [0.717, 1.165) is 0 Å². The van der Waals surface area contributed by atoms with Gasteiger partial charge in [0.05, 0.1) is 16.7 Å². The minimum absolute atomic E-state index is 0.0363. The second kappa shape index (κ2) is 4.86. The highest BCUT2D eigenvalue weighted by Gasteiger charge is 2.19. The number of nitriles is 1. The van der Waals surface area contributed by atoms with E-state index in [-0.39, 0.29) is 16.3 Å². The van der Waals surface area contributed by atoms with E-state index in [1.807, 2.05) is 6.07 Å². The molecule has 5 heteroatoms. The summed E-state index contributed by atoms with van der Waals surface area (Å²) in [5.41, 5.74) is 0.186. The number of benzene rings is 1. The minimum Gasteiger partial charge on any atom is -0.508 e. The molecule has 16 heavy (non-hydrogen) atoms. The summed E-state index contributed by atoms with van der Waals surface area (Å²) in [4.78, 5) is 13.2. The summed E-state index contributed by atoms with van der Waals surface area (Å²) in [6.07, 6.45) is 0. The Bertz CT molecular complexity index is 454. The number of hydrogen-bond acceptors (Lipinski definition) is 3. The Hall–Kier alpha value is -1.73. The maximum absolute atomic E-state index is 11.9. The van der Waals surface area contributed by atoms with Crippen LogP contribution in [0.15, 0.2) is 18.2 Å². The van der Waals surface area contributed by atoms with Gasteiger partial charge in [-0.1, -0.05) is 11.6 Å². The third-order valence-electron chi connectivity index (χ3n) is 2.27. The molecule has 1 aromatic carbocycles. The normalized spacial score (nSPS) is 11.6. The summed E-state index contributed by atoms with van der Waals surface area (Å²) in [6, 6.07) is 5.52. The third-order valence-corrected chi connectivity index (χ3v) is 2.60. The van der Waals surface area contributed by atoms with Crippen molar-refractivity contribution in [2.24, 2.45) is 0 Å². The second-order valence-corrected chi connectivity index (χ2v) is 3.79. The van der Waals surface area contributed by atoms with Gasteiger partial charge in [0.1, 0.15) is 11.8 Å². The van der Waals surface area contributed by atoms with E-state index in [4.69, 9.17) is 16.9 Å². The molecular weight excluding hydrogens is 228 g/mol. The van der Waals surface area contributed by atoms with Gasteiger partial charge in [0.15, 0.2) is 0 Å². The molecule has 4 nitrogen and oxygen atoms in total. The molecule has 0 heterocycles. The van der Waals surface area contributed by atoms with Crippen LogP contribution in [0.3, 0.4) is 0 Å². The van der Waals surface area contributed by atoms with Crippen LogP contribution in [-0.4, -0.2) is 29.0 Å². The first-order valence-corrected chi connectivity index (χ1v) is 5.00. The molecule has 0 aliphatic rings. The monoisotopic (exact) mass is 238 g/mol. The Morgan fingerprint density at radius 1 is 1.62 bits per heavy atom. The third kappa shape index (κ3) is 2.44. The van der Waals surface area contributed by atoms with Crippen LogP contribution < -0.4 is 0 Å². The molecule has 1 N–H and O–H groups in total. The lowest BCUT2D eigenvalue weighted by Crippen LogP contribution is -2.34. The number of rotatable bonds is 2. The number of amides is 1. The highest BCUT2D eigenvalue weighted by molar-refractivity contribution is 6.33. The van der Waals surface area contributed by atoms with Gasteiger partial charge in [-0.25, -0.2) is 0 Å². The highest BCUT2D eigenvalue weighted by Crippen LogP contribution is 2.22. The molecule has 1 amide bonds. The van der Waals surface area contributed by atoms with E-state index in [1.54, 1.807) is 6.92 Å². The van der Waals surface area contributed by atoms with Gasteiger partial charge in [-0.05, 0) is 25.1 Å². The van der Waals surface area contributed by atoms with Crippen molar-refractivity contribution >= 4 is 17.5 Å². The lowest BCUT2D eigenvalue weighted by molar-refractivity contribution is 0.0773. The van der Waals surface area contributed by atoms with Crippen molar-refractivity contribution in [2.45, 2.75) is 13.0 Å². The number of aromatic hydroxyl groups is 1. The van der Waals surface area contributed by atoms with Gasteiger partial charge in [-0.2, -0.15) is 5.26 Å². The topological polar surface area (TPSA) is 64.3 Å². The number of phenols is 1. The molecule has 0 saturated carbocycles. The first-order chi connectivity index (χ1) is 7.47. The van der Waals surface area contributed by atoms with Crippen LogP contribution in [0.2, 0.25) is 5.02 Å². The van der Waals surface area contributed by atoms with Crippen LogP contribution in [0.4, 0.5) is 0 Å². The van der Waals surface area contributed by atoms with Gasteiger partial charge in [-0.15, -0.1) is 0 Å². The van der Waals surface area contributed by atoms with Crippen molar-refractivity contribution < 1.29 is 9.90 Å². The van der Waals surface area contributed by atoms with E-state index in [1.165, 1.54) is 30.1 Å². The van der Waals surface area contributed by atoms with E-state index < -0.39 is 11.9 Å². The highest BCUT2D eigenvalue weighted by atomic mass is 35.5. The molecule has 1 atom stereocenters.